The fourth-order valence-corrected chi connectivity index (χ4v) is 1.36. The molecule has 0 saturated carbocycles. The molecule has 92 valence electrons. The smallest absolute Gasteiger partial charge is 0.339 e. The van der Waals surface area contributed by atoms with E-state index >= 15 is 0 Å². The predicted octanol–water partition coefficient (Wildman–Crippen LogP) is 1.85. The summed E-state index contributed by atoms with van der Waals surface area (Å²) in [5, 5.41) is 10.5. The fourth-order valence-electron chi connectivity index (χ4n) is 1.36. The third kappa shape index (κ3) is 3.25. The minimum atomic E-state index is -0.851. The molecular formula is C11H13NO5. The van der Waals surface area contributed by atoms with Gasteiger partial charge in [-0.15, -0.1) is 0 Å². The molecule has 17 heavy (non-hydrogen) atoms. The summed E-state index contributed by atoms with van der Waals surface area (Å²) in [6.07, 6.45) is -0.851. The summed E-state index contributed by atoms with van der Waals surface area (Å²) in [4.78, 5) is 21.5. The molecule has 1 unspecified atom stereocenters. The van der Waals surface area contributed by atoms with Crippen LogP contribution in [0.3, 0.4) is 0 Å². The number of non-ortho nitro benzene ring substituents is 1. The number of esters is 1. The predicted molar refractivity (Wildman–Crippen MR) is 59.5 cm³/mol. The molecule has 1 aromatic rings. The van der Waals surface area contributed by atoms with E-state index in [2.05, 4.69) is 0 Å². The van der Waals surface area contributed by atoms with Crippen molar-refractivity contribution in [3.63, 3.8) is 0 Å². The normalized spacial score (nSPS) is 11.9. The number of nitro benzene ring substituents is 1. The second-order valence-corrected chi connectivity index (χ2v) is 3.22. The Hall–Kier alpha value is -1.95. The molecule has 0 heterocycles. The van der Waals surface area contributed by atoms with E-state index < -0.39 is 17.0 Å². The number of carbonyl (C=O) groups excluding carboxylic acids is 1. The molecule has 0 radical (unpaired) electrons. The van der Waals surface area contributed by atoms with E-state index in [0.717, 1.165) is 0 Å². The van der Waals surface area contributed by atoms with Gasteiger partial charge in [0.2, 0.25) is 0 Å². The Morgan fingerprint density at radius 1 is 1.41 bits per heavy atom. The topological polar surface area (TPSA) is 78.7 Å². The monoisotopic (exact) mass is 239 g/mol. The summed E-state index contributed by atoms with van der Waals surface area (Å²) in [5.41, 5.74) is 0.490. The highest BCUT2D eigenvalue weighted by molar-refractivity contribution is 5.76. The van der Waals surface area contributed by atoms with Crippen molar-refractivity contribution < 1.29 is 19.2 Å². The Morgan fingerprint density at radius 2 is 2.00 bits per heavy atom. The molecule has 0 aliphatic rings. The van der Waals surface area contributed by atoms with Crippen LogP contribution < -0.4 is 0 Å². The first-order valence-corrected chi connectivity index (χ1v) is 5.04. The van der Waals surface area contributed by atoms with Gasteiger partial charge in [-0.3, -0.25) is 10.1 Å². The van der Waals surface area contributed by atoms with Gasteiger partial charge >= 0.3 is 5.97 Å². The van der Waals surface area contributed by atoms with Crippen molar-refractivity contribution in [2.45, 2.75) is 13.0 Å². The molecule has 0 aliphatic carbocycles. The van der Waals surface area contributed by atoms with Gasteiger partial charge in [-0.05, 0) is 24.6 Å². The second kappa shape index (κ2) is 5.95. The second-order valence-electron chi connectivity index (χ2n) is 3.22. The lowest BCUT2D eigenvalue weighted by atomic mass is 10.1. The Labute approximate surface area is 98.3 Å². The van der Waals surface area contributed by atoms with Gasteiger partial charge < -0.3 is 9.47 Å². The van der Waals surface area contributed by atoms with Gasteiger partial charge in [0.15, 0.2) is 6.10 Å². The van der Waals surface area contributed by atoms with Crippen molar-refractivity contribution in [2.75, 3.05) is 13.7 Å². The first-order chi connectivity index (χ1) is 8.10. The first kappa shape index (κ1) is 13.1. The molecule has 0 N–H and O–H groups in total. The third-order valence-electron chi connectivity index (χ3n) is 2.14. The fraction of sp³-hybridized carbons (Fsp3) is 0.364. The molecule has 0 aliphatic heterocycles. The quantitative estimate of drug-likeness (QED) is 0.445. The van der Waals surface area contributed by atoms with Gasteiger partial charge in [0, 0.05) is 19.2 Å². The average molecular weight is 239 g/mol. The van der Waals surface area contributed by atoms with Crippen LogP contribution in [0.4, 0.5) is 5.69 Å². The highest BCUT2D eigenvalue weighted by atomic mass is 16.6. The molecule has 6 heteroatoms. The maximum atomic E-state index is 11.5. The van der Waals surface area contributed by atoms with Gasteiger partial charge in [0.1, 0.15) is 0 Å². The number of ether oxygens (including phenoxy) is 2. The lowest BCUT2D eigenvalue weighted by molar-refractivity contribution is -0.384. The number of nitro groups is 1. The largest absolute Gasteiger partial charge is 0.464 e. The van der Waals surface area contributed by atoms with Crippen LogP contribution in [-0.4, -0.2) is 24.6 Å². The van der Waals surface area contributed by atoms with Gasteiger partial charge in [0.05, 0.1) is 11.5 Å². The molecule has 1 atom stereocenters. The summed E-state index contributed by atoms with van der Waals surface area (Å²) >= 11 is 0. The molecule has 0 aromatic heterocycles. The highest BCUT2D eigenvalue weighted by Gasteiger charge is 2.21. The molecular weight excluding hydrogens is 226 g/mol. The molecule has 0 amide bonds. The minimum absolute atomic E-state index is 0.0348. The lowest BCUT2D eigenvalue weighted by Gasteiger charge is -2.13. The highest BCUT2D eigenvalue weighted by Crippen LogP contribution is 2.21. The van der Waals surface area contributed by atoms with Gasteiger partial charge in [0.25, 0.3) is 5.69 Å². The van der Waals surface area contributed by atoms with E-state index in [1.807, 2.05) is 0 Å². The van der Waals surface area contributed by atoms with Crippen LogP contribution in [0.2, 0.25) is 0 Å². The molecule has 0 spiro atoms. The van der Waals surface area contributed by atoms with E-state index in [1.54, 1.807) is 6.92 Å². The van der Waals surface area contributed by atoms with Crippen molar-refractivity contribution in [3.8, 4) is 0 Å². The zero-order chi connectivity index (χ0) is 12.8. The Kier molecular flexibility index (Phi) is 4.59. The third-order valence-corrected chi connectivity index (χ3v) is 2.14. The van der Waals surface area contributed by atoms with Crippen molar-refractivity contribution in [2.24, 2.45) is 0 Å². The minimum Gasteiger partial charge on any atom is -0.464 e. The molecule has 1 rings (SSSR count). The van der Waals surface area contributed by atoms with Crippen LogP contribution >= 0.6 is 0 Å². The van der Waals surface area contributed by atoms with Crippen LogP contribution in [0.15, 0.2) is 24.3 Å². The lowest BCUT2D eigenvalue weighted by Crippen LogP contribution is -2.17. The van der Waals surface area contributed by atoms with Crippen LogP contribution in [0.25, 0.3) is 0 Å². The Balaban J connectivity index is 2.89. The van der Waals surface area contributed by atoms with Gasteiger partial charge in [-0.1, -0.05) is 0 Å². The van der Waals surface area contributed by atoms with Gasteiger partial charge in [-0.25, -0.2) is 4.79 Å². The standard InChI is InChI=1S/C11H13NO5/c1-3-17-11(13)10(16-2)8-4-6-9(7-5-8)12(14)15/h4-7,10H,3H2,1-2H3. The van der Waals surface area contributed by atoms with Crippen molar-refractivity contribution in [1.29, 1.82) is 0 Å². The summed E-state index contributed by atoms with van der Waals surface area (Å²) in [7, 11) is 1.38. The Morgan fingerprint density at radius 3 is 2.41 bits per heavy atom. The van der Waals surface area contributed by atoms with E-state index in [9.17, 15) is 14.9 Å². The van der Waals surface area contributed by atoms with E-state index in [-0.39, 0.29) is 12.3 Å². The number of methoxy groups -OCH3 is 1. The number of carbonyl (C=O) groups is 1. The maximum Gasteiger partial charge on any atom is 0.339 e. The van der Waals surface area contributed by atoms with Gasteiger partial charge in [-0.2, -0.15) is 0 Å². The number of benzene rings is 1. The van der Waals surface area contributed by atoms with E-state index in [4.69, 9.17) is 9.47 Å². The molecule has 0 saturated heterocycles. The van der Waals surface area contributed by atoms with Crippen LogP contribution in [0.5, 0.6) is 0 Å². The number of nitrogens with zero attached hydrogens (tertiary/aromatic N) is 1. The molecule has 1 aromatic carbocycles. The van der Waals surface area contributed by atoms with Crippen LogP contribution in [0.1, 0.15) is 18.6 Å². The number of hydrogen-bond acceptors (Lipinski definition) is 5. The first-order valence-electron chi connectivity index (χ1n) is 5.04. The van der Waals surface area contributed by atoms with Crippen molar-refractivity contribution in [3.05, 3.63) is 39.9 Å². The van der Waals surface area contributed by atoms with Crippen LogP contribution in [-0.2, 0) is 14.3 Å². The SMILES string of the molecule is CCOC(=O)C(OC)c1ccc([N+](=O)[O-])cc1. The van der Waals surface area contributed by atoms with Crippen molar-refractivity contribution >= 4 is 11.7 Å². The maximum absolute atomic E-state index is 11.5. The van der Waals surface area contributed by atoms with E-state index in [0.29, 0.717) is 5.56 Å². The molecule has 0 bridgehead atoms. The zero-order valence-electron chi connectivity index (χ0n) is 9.58. The summed E-state index contributed by atoms with van der Waals surface area (Å²) in [5.74, 6) is -0.510. The average Bonchev–Trinajstić information content (AvgIpc) is 2.31. The molecule has 0 fully saturated rings. The number of hydrogen-bond donors (Lipinski definition) is 0. The summed E-state index contributed by atoms with van der Waals surface area (Å²) in [6, 6.07) is 5.59. The number of rotatable bonds is 5. The zero-order valence-corrected chi connectivity index (χ0v) is 9.58. The van der Waals surface area contributed by atoms with Crippen molar-refractivity contribution in [1.82, 2.24) is 0 Å². The van der Waals surface area contributed by atoms with E-state index in [1.165, 1.54) is 31.4 Å². The Bertz CT molecular complexity index is 401. The van der Waals surface area contributed by atoms with Crippen LogP contribution in [0, 0.1) is 10.1 Å². The molecule has 6 nitrogen and oxygen atoms in total. The summed E-state index contributed by atoms with van der Waals surface area (Å²) in [6.45, 7) is 1.95. The summed E-state index contributed by atoms with van der Waals surface area (Å²) < 4.78 is 9.84.